The third-order valence-electron chi connectivity index (χ3n) is 5.78. The highest BCUT2D eigenvalue weighted by atomic mass is 16.5. The summed E-state index contributed by atoms with van der Waals surface area (Å²) in [7, 11) is 3.15. The Morgan fingerprint density at radius 3 is 2.79 bits per heavy atom. The lowest BCUT2D eigenvalue weighted by atomic mass is 9.99. The quantitative estimate of drug-likeness (QED) is 0.796. The molecule has 0 unspecified atom stereocenters. The highest BCUT2D eigenvalue weighted by molar-refractivity contribution is 5.97. The SMILES string of the molecule is COc1ccc(OC)c(C(=O)N2C[C@H]3Cc4cn(CCNC(C)=O)nc4[C@H]3C2)c1. The van der Waals surface area contributed by atoms with Gasteiger partial charge in [0, 0.05) is 38.7 Å². The zero-order chi connectivity index (χ0) is 20.5. The molecule has 2 aromatic rings. The first-order valence-electron chi connectivity index (χ1n) is 9.82. The standard InChI is InChI=1S/C21H26N4O4/c1-13(26)22-6-7-25-11-15-8-14-10-24(12-18(14)20(15)23-25)21(27)17-9-16(28-2)4-5-19(17)29-3/h4-5,9,11,14,18H,6-8,10,12H2,1-3H3,(H,22,26)/t14-,18+/m1/s1. The van der Waals surface area contributed by atoms with E-state index >= 15 is 0 Å². The molecule has 1 aliphatic carbocycles. The molecule has 8 nitrogen and oxygen atoms in total. The van der Waals surface area contributed by atoms with E-state index in [4.69, 9.17) is 14.6 Å². The monoisotopic (exact) mass is 398 g/mol. The lowest BCUT2D eigenvalue weighted by molar-refractivity contribution is -0.118. The van der Waals surface area contributed by atoms with Crippen molar-refractivity contribution in [3.05, 3.63) is 41.2 Å². The van der Waals surface area contributed by atoms with Crippen molar-refractivity contribution in [1.82, 2.24) is 20.0 Å². The summed E-state index contributed by atoms with van der Waals surface area (Å²) in [5.74, 6) is 1.76. The number of hydrogen-bond acceptors (Lipinski definition) is 5. The van der Waals surface area contributed by atoms with Gasteiger partial charge >= 0.3 is 0 Å². The molecule has 2 atom stereocenters. The lowest BCUT2D eigenvalue weighted by Gasteiger charge is -2.19. The minimum atomic E-state index is -0.0400. The van der Waals surface area contributed by atoms with Crippen LogP contribution in [-0.4, -0.2) is 60.3 Å². The van der Waals surface area contributed by atoms with E-state index in [1.807, 2.05) is 9.58 Å². The number of aromatic nitrogens is 2. The predicted molar refractivity (Wildman–Crippen MR) is 106 cm³/mol. The molecular formula is C21H26N4O4. The molecule has 1 fully saturated rings. The Bertz CT molecular complexity index is 939. The molecule has 2 heterocycles. The zero-order valence-corrected chi connectivity index (χ0v) is 17.0. The summed E-state index contributed by atoms with van der Waals surface area (Å²) in [6.07, 6.45) is 3.01. The van der Waals surface area contributed by atoms with E-state index in [1.165, 1.54) is 12.5 Å². The molecule has 2 amide bonds. The maximum atomic E-state index is 13.2. The van der Waals surface area contributed by atoms with Crippen LogP contribution in [0.3, 0.4) is 0 Å². The van der Waals surface area contributed by atoms with Crippen molar-refractivity contribution in [2.24, 2.45) is 5.92 Å². The van der Waals surface area contributed by atoms with Crippen LogP contribution in [0.15, 0.2) is 24.4 Å². The second-order valence-electron chi connectivity index (χ2n) is 7.63. The van der Waals surface area contributed by atoms with Gasteiger partial charge < -0.3 is 19.7 Å². The van der Waals surface area contributed by atoms with Gasteiger partial charge in [-0.05, 0) is 36.1 Å². The third-order valence-corrected chi connectivity index (χ3v) is 5.78. The Kier molecular flexibility index (Phi) is 5.17. The van der Waals surface area contributed by atoms with Gasteiger partial charge in [0.05, 0.1) is 32.0 Å². The largest absolute Gasteiger partial charge is 0.497 e. The van der Waals surface area contributed by atoms with Crippen LogP contribution in [0.25, 0.3) is 0 Å². The average molecular weight is 398 g/mol. The van der Waals surface area contributed by atoms with E-state index in [2.05, 4.69) is 11.5 Å². The number of amides is 2. The Morgan fingerprint density at radius 2 is 2.07 bits per heavy atom. The fraction of sp³-hybridized carbons (Fsp3) is 0.476. The van der Waals surface area contributed by atoms with Gasteiger partial charge in [-0.15, -0.1) is 0 Å². The summed E-state index contributed by atoms with van der Waals surface area (Å²) >= 11 is 0. The molecule has 0 spiro atoms. The van der Waals surface area contributed by atoms with Crippen LogP contribution in [-0.2, 0) is 17.8 Å². The van der Waals surface area contributed by atoms with Crippen LogP contribution >= 0.6 is 0 Å². The molecule has 1 N–H and O–H groups in total. The first-order valence-corrected chi connectivity index (χ1v) is 9.82. The summed E-state index contributed by atoms with van der Waals surface area (Å²) in [6.45, 7) is 4.08. The zero-order valence-electron chi connectivity index (χ0n) is 17.0. The van der Waals surface area contributed by atoms with Gasteiger partial charge in [-0.25, -0.2) is 0 Å². The van der Waals surface area contributed by atoms with Crippen molar-refractivity contribution in [3.63, 3.8) is 0 Å². The number of ether oxygens (including phenoxy) is 2. The van der Waals surface area contributed by atoms with Gasteiger partial charge in [0.2, 0.25) is 5.91 Å². The molecular weight excluding hydrogens is 372 g/mol. The first kappa shape index (κ1) is 19.3. The number of rotatable bonds is 6. The normalized spacial score (nSPS) is 19.6. The van der Waals surface area contributed by atoms with Crippen molar-refractivity contribution >= 4 is 11.8 Å². The fourth-order valence-electron chi connectivity index (χ4n) is 4.40. The molecule has 0 radical (unpaired) electrons. The molecule has 29 heavy (non-hydrogen) atoms. The number of methoxy groups -OCH3 is 2. The van der Waals surface area contributed by atoms with Crippen LogP contribution < -0.4 is 14.8 Å². The maximum Gasteiger partial charge on any atom is 0.257 e. The van der Waals surface area contributed by atoms with E-state index in [0.717, 1.165) is 12.1 Å². The van der Waals surface area contributed by atoms with E-state index in [1.54, 1.807) is 32.4 Å². The highest BCUT2D eigenvalue weighted by Gasteiger charge is 2.44. The number of hydrogen-bond donors (Lipinski definition) is 1. The topological polar surface area (TPSA) is 85.7 Å². The molecule has 8 heteroatoms. The van der Waals surface area contributed by atoms with Crippen LogP contribution in [0.2, 0.25) is 0 Å². The number of likely N-dealkylation sites (tertiary alicyclic amines) is 1. The predicted octanol–water partition coefficient (Wildman–Crippen LogP) is 1.45. The smallest absolute Gasteiger partial charge is 0.257 e. The van der Waals surface area contributed by atoms with Crippen LogP contribution in [0, 0.1) is 5.92 Å². The van der Waals surface area contributed by atoms with Gasteiger partial charge in [-0.2, -0.15) is 5.10 Å². The van der Waals surface area contributed by atoms with Crippen LogP contribution in [0.1, 0.15) is 34.5 Å². The highest BCUT2D eigenvalue weighted by Crippen LogP contribution is 2.43. The molecule has 1 aliphatic heterocycles. The number of carbonyl (C=O) groups excluding carboxylic acids is 2. The van der Waals surface area contributed by atoms with E-state index in [0.29, 0.717) is 49.2 Å². The Morgan fingerprint density at radius 1 is 1.24 bits per heavy atom. The van der Waals surface area contributed by atoms with Crippen molar-refractivity contribution in [1.29, 1.82) is 0 Å². The molecule has 0 saturated carbocycles. The van der Waals surface area contributed by atoms with E-state index in [-0.39, 0.29) is 17.7 Å². The summed E-state index contributed by atoms with van der Waals surface area (Å²) in [6, 6.07) is 5.28. The molecule has 1 aromatic carbocycles. The summed E-state index contributed by atoms with van der Waals surface area (Å²) < 4.78 is 12.6. The lowest BCUT2D eigenvalue weighted by Crippen LogP contribution is -2.30. The second kappa shape index (κ2) is 7.77. The summed E-state index contributed by atoms with van der Waals surface area (Å²) in [5.41, 5.74) is 2.87. The van der Waals surface area contributed by atoms with Crippen molar-refractivity contribution < 1.29 is 19.1 Å². The minimum Gasteiger partial charge on any atom is -0.497 e. The van der Waals surface area contributed by atoms with Crippen molar-refractivity contribution in [2.45, 2.75) is 25.8 Å². The van der Waals surface area contributed by atoms with Crippen molar-refractivity contribution in [3.8, 4) is 11.5 Å². The Balaban J connectivity index is 1.47. The fourth-order valence-corrected chi connectivity index (χ4v) is 4.40. The van der Waals surface area contributed by atoms with Gasteiger partial charge in [0.1, 0.15) is 11.5 Å². The number of nitrogens with zero attached hydrogens (tertiary/aromatic N) is 3. The third kappa shape index (κ3) is 3.66. The molecule has 1 aromatic heterocycles. The number of fused-ring (bicyclic) bond motifs is 3. The number of nitrogens with one attached hydrogen (secondary N) is 1. The Labute approximate surface area is 169 Å². The van der Waals surface area contributed by atoms with Gasteiger partial charge in [-0.1, -0.05) is 0 Å². The van der Waals surface area contributed by atoms with Crippen LogP contribution in [0.5, 0.6) is 11.5 Å². The van der Waals surface area contributed by atoms with Crippen LogP contribution in [0.4, 0.5) is 0 Å². The molecule has 1 saturated heterocycles. The van der Waals surface area contributed by atoms with E-state index in [9.17, 15) is 9.59 Å². The molecule has 4 rings (SSSR count). The summed E-state index contributed by atoms with van der Waals surface area (Å²) in [4.78, 5) is 26.1. The first-order chi connectivity index (χ1) is 14.0. The van der Waals surface area contributed by atoms with Crippen molar-refractivity contribution in [2.75, 3.05) is 33.9 Å². The minimum absolute atomic E-state index is 0.0392. The number of carbonyl (C=O) groups is 2. The maximum absolute atomic E-state index is 13.2. The summed E-state index contributed by atoms with van der Waals surface area (Å²) in [5, 5.41) is 7.53. The number of benzene rings is 1. The molecule has 0 bridgehead atoms. The van der Waals surface area contributed by atoms with Gasteiger partial charge in [0.25, 0.3) is 5.91 Å². The average Bonchev–Trinajstić information content (AvgIpc) is 3.37. The molecule has 2 aliphatic rings. The van der Waals surface area contributed by atoms with E-state index < -0.39 is 0 Å². The second-order valence-corrected chi connectivity index (χ2v) is 7.63. The molecule has 154 valence electrons. The van der Waals surface area contributed by atoms with Gasteiger partial charge in [-0.3, -0.25) is 14.3 Å². The Hall–Kier alpha value is -3.03. The van der Waals surface area contributed by atoms with Gasteiger partial charge in [0.15, 0.2) is 0 Å².